The fourth-order valence-corrected chi connectivity index (χ4v) is 13.5. The number of hydrogen-bond donors (Lipinski definition) is 2. The van der Waals surface area contributed by atoms with E-state index in [0.29, 0.717) is 33.3 Å². The number of aromatic carboxylic acids is 1. The van der Waals surface area contributed by atoms with Gasteiger partial charge in [-0.05, 0) is 134 Å². The summed E-state index contributed by atoms with van der Waals surface area (Å²) < 4.78 is 5.50. The van der Waals surface area contributed by atoms with E-state index in [9.17, 15) is 9.90 Å². The SMILES string of the molecule is C#C.C#C.C#C.C=CC.CC.CC1(C)C(c2ccc(C(=O)O)cc2)=CC[C@@]2(C)C1CC[C@@]1(C)C3CC[C@@]4(NCCN5CC6(COC6)C5)CCCC4[C@H]3CCC12. The molecule has 1 spiro atoms. The fourth-order valence-electron chi connectivity index (χ4n) is 13.5. The van der Waals surface area contributed by atoms with Gasteiger partial charge in [0.1, 0.15) is 0 Å². The molecule has 1 aromatic rings. The first-order valence-electron chi connectivity index (χ1n) is 21.1. The smallest absolute Gasteiger partial charge is 0.335 e. The third-order valence-electron chi connectivity index (χ3n) is 15.4. The van der Waals surface area contributed by atoms with E-state index in [1.165, 1.54) is 88.6 Å². The molecule has 6 fully saturated rings. The lowest BCUT2D eigenvalue weighted by molar-refractivity contribution is -0.189. The molecule has 8 rings (SSSR count). The van der Waals surface area contributed by atoms with Crippen LogP contribution in [0.1, 0.15) is 129 Å². The molecule has 5 nitrogen and oxygen atoms in total. The topological polar surface area (TPSA) is 61.8 Å². The number of hydrogen-bond acceptors (Lipinski definition) is 4. The summed E-state index contributed by atoms with van der Waals surface area (Å²) in [5.74, 6) is 3.25. The Morgan fingerprint density at radius 1 is 0.873 bits per heavy atom. The van der Waals surface area contributed by atoms with Crippen LogP contribution in [-0.2, 0) is 4.74 Å². The molecule has 0 amide bonds. The average Bonchev–Trinajstić information content (AvgIpc) is 3.60. The number of carboxylic acids is 1. The Kier molecular flexibility index (Phi) is 16.1. The number of carbonyl (C=O) groups is 1. The van der Waals surface area contributed by atoms with Crippen LogP contribution < -0.4 is 5.32 Å². The minimum absolute atomic E-state index is 0.0781. The monoisotopic (exact) mass is 751 g/mol. The van der Waals surface area contributed by atoms with Gasteiger partial charge in [-0.3, -0.25) is 0 Å². The molecule has 7 aliphatic rings. The van der Waals surface area contributed by atoms with Crippen LogP contribution in [0.15, 0.2) is 43.0 Å². The van der Waals surface area contributed by atoms with Gasteiger partial charge in [-0.2, -0.15) is 0 Å². The van der Waals surface area contributed by atoms with Crippen molar-refractivity contribution in [2.24, 2.45) is 51.2 Å². The largest absolute Gasteiger partial charge is 0.478 e. The van der Waals surface area contributed by atoms with Crippen LogP contribution >= 0.6 is 0 Å². The molecule has 55 heavy (non-hydrogen) atoms. The molecule has 4 saturated carbocycles. The maximum absolute atomic E-state index is 11.5. The van der Waals surface area contributed by atoms with Crippen molar-refractivity contribution in [3.63, 3.8) is 0 Å². The van der Waals surface area contributed by atoms with E-state index in [2.05, 4.69) is 89.1 Å². The van der Waals surface area contributed by atoms with Crippen LogP contribution in [0, 0.1) is 89.8 Å². The first-order chi connectivity index (χ1) is 26.4. The van der Waals surface area contributed by atoms with Gasteiger partial charge in [0.15, 0.2) is 0 Å². The highest BCUT2D eigenvalue weighted by Crippen LogP contribution is 2.72. The van der Waals surface area contributed by atoms with E-state index in [1.54, 1.807) is 18.2 Å². The van der Waals surface area contributed by atoms with Gasteiger partial charge in [0.25, 0.3) is 0 Å². The Hall–Kier alpha value is -3.27. The molecule has 5 heteroatoms. The third-order valence-corrected chi connectivity index (χ3v) is 15.4. The lowest BCUT2D eigenvalue weighted by Crippen LogP contribution is -2.67. The van der Waals surface area contributed by atoms with E-state index in [1.807, 2.05) is 32.9 Å². The summed E-state index contributed by atoms with van der Waals surface area (Å²) >= 11 is 0. The van der Waals surface area contributed by atoms with Crippen molar-refractivity contribution in [3.05, 3.63) is 54.1 Å². The van der Waals surface area contributed by atoms with Gasteiger partial charge < -0.3 is 20.1 Å². The molecule has 0 bridgehead atoms. The molecule has 2 saturated heterocycles. The molecule has 2 N–H and O–H groups in total. The number of nitrogens with zero attached hydrogens (tertiary/aromatic N) is 1. The highest BCUT2D eigenvalue weighted by atomic mass is 16.5. The zero-order valence-corrected chi connectivity index (χ0v) is 35.5. The number of allylic oxidation sites excluding steroid dienone is 3. The Labute approximate surface area is 336 Å². The number of likely N-dealkylation sites (tertiary alicyclic amines) is 1. The molecule has 8 atom stereocenters. The summed E-state index contributed by atoms with van der Waals surface area (Å²) in [6.45, 7) is 26.5. The summed E-state index contributed by atoms with van der Waals surface area (Å²) in [7, 11) is 0. The van der Waals surface area contributed by atoms with Crippen molar-refractivity contribution >= 4 is 11.5 Å². The molecule has 4 unspecified atom stereocenters. The second-order valence-corrected chi connectivity index (χ2v) is 18.2. The second kappa shape index (κ2) is 19.3. The number of benzene rings is 1. The molecule has 5 aliphatic carbocycles. The minimum Gasteiger partial charge on any atom is -0.478 e. The van der Waals surface area contributed by atoms with Crippen molar-refractivity contribution < 1.29 is 14.6 Å². The normalized spacial score (nSPS) is 35.2. The van der Waals surface area contributed by atoms with Gasteiger partial charge in [-0.1, -0.05) is 72.2 Å². The van der Waals surface area contributed by atoms with Crippen LogP contribution in [-0.4, -0.2) is 60.9 Å². The first-order valence-corrected chi connectivity index (χ1v) is 21.1. The highest BCUT2D eigenvalue weighted by Gasteiger charge is 2.65. The number of nitrogens with one attached hydrogen (secondary N) is 1. The predicted molar refractivity (Wildman–Crippen MR) is 232 cm³/mol. The minimum atomic E-state index is -0.846. The average molecular weight is 751 g/mol. The second-order valence-electron chi connectivity index (χ2n) is 18.2. The van der Waals surface area contributed by atoms with Gasteiger partial charge in [-0.25, -0.2) is 4.79 Å². The van der Waals surface area contributed by atoms with E-state index in [4.69, 9.17) is 4.74 Å². The fraction of sp³-hybridized carbons (Fsp3) is 0.660. The van der Waals surface area contributed by atoms with E-state index in [0.717, 1.165) is 49.9 Å². The van der Waals surface area contributed by atoms with Crippen molar-refractivity contribution in [1.82, 2.24) is 10.2 Å². The lowest BCUT2D eigenvalue weighted by Gasteiger charge is -2.68. The number of fused-ring (bicyclic) bond motifs is 7. The van der Waals surface area contributed by atoms with E-state index < -0.39 is 5.97 Å². The number of terminal acetylenes is 3. The van der Waals surface area contributed by atoms with Crippen LogP contribution in [0.5, 0.6) is 0 Å². The molecule has 302 valence electrons. The molecule has 1 aromatic carbocycles. The van der Waals surface area contributed by atoms with Crippen molar-refractivity contribution in [3.8, 4) is 38.5 Å². The lowest BCUT2D eigenvalue weighted by atomic mass is 9.37. The van der Waals surface area contributed by atoms with Gasteiger partial charge in [-0.15, -0.1) is 45.1 Å². The Balaban J connectivity index is 0.000000677. The van der Waals surface area contributed by atoms with Gasteiger partial charge in [0, 0.05) is 37.1 Å². The maximum Gasteiger partial charge on any atom is 0.335 e. The number of carboxylic acid groups (broad SMARTS) is 1. The van der Waals surface area contributed by atoms with Crippen molar-refractivity contribution in [2.45, 2.75) is 118 Å². The quantitative estimate of drug-likeness (QED) is 0.224. The van der Waals surface area contributed by atoms with E-state index in [-0.39, 0.29) is 5.41 Å². The molecule has 2 heterocycles. The standard InChI is InChI=1S/C39H56N2O3.C3H6.C2H6.3C2H2/c1-35(2)29(26-7-9-27(10-8-26)34(42)43)13-17-37(4)32(35)15-18-36(3)30-14-19-39(16-5-6-31(39)28(30)11-12-33(36)37)40-20-21-41-22-38(23-41)24-44-25-38;1-3-2;4*1-2/h7-10,13,28,30-33,40H,5-6,11-12,14-25H2,1-4H3,(H,42,43);3H,1H2,2H3;1-2H3;3*1-2H/t28-,30?,31?,32?,33?,36-,37-,39-;;;;;/m0...../s1. The predicted octanol–water partition coefficient (Wildman–Crippen LogP) is 10.5. The van der Waals surface area contributed by atoms with Crippen molar-refractivity contribution in [2.75, 3.05) is 39.4 Å². The molecule has 0 radical (unpaired) electrons. The molecule has 2 aliphatic heterocycles. The highest BCUT2D eigenvalue weighted by molar-refractivity contribution is 5.88. The van der Waals surface area contributed by atoms with Gasteiger partial charge in [0.05, 0.1) is 18.8 Å². The number of rotatable bonds is 6. The van der Waals surface area contributed by atoms with Crippen LogP contribution in [0.2, 0.25) is 0 Å². The summed E-state index contributed by atoms with van der Waals surface area (Å²) in [6.07, 6.45) is 42.1. The third kappa shape index (κ3) is 8.40. The zero-order chi connectivity index (χ0) is 41.2. The summed E-state index contributed by atoms with van der Waals surface area (Å²) in [5.41, 5.74) is 4.79. The van der Waals surface area contributed by atoms with Crippen LogP contribution in [0.3, 0.4) is 0 Å². The van der Waals surface area contributed by atoms with E-state index >= 15 is 0 Å². The molecule has 0 aromatic heterocycles. The molecular formula is C50H74N2O3. The Bertz CT molecular complexity index is 1490. The Morgan fingerprint density at radius 3 is 2.05 bits per heavy atom. The van der Waals surface area contributed by atoms with Gasteiger partial charge >= 0.3 is 5.97 Å². The number of ether oxygens (including phenoxy) is 1. The van der Waals surface area contributed by atoms with Crippen LogP contribution in [0.4, 0.5) is 0 Å². The van der Waals surface area contributed by atoms with Gasteiger partial charge in [0.2, 0.25) is 0 Å². The first kappa shape index (κ1) is 46.1. The molecular weight excluding hydrogens is 677 g/mol. The summed E-state index contributed by atoms with van der Waals surface area (Å²) in [4.78, 5) is 14.1. The maximum atomic E-state index is 11.5. The van der Waals surface area contributed by atoms with Crippen molar-refractivity contribution in [1.29, 1.82) is 0 Å². The van der Waals surface area contributed by atoms with Crippen LogP contribution in [0.25, 0.3) is 5.57 Å². The zero-order valence-electron chi connectivity index (χ0n) is 35.5. The summed E-state index contributed by atoms with van der Waals surface area (Å²) in [6, 6.07) is 7.66. The summed E-state index contributed by atoms with van der Waals surface area (Å²) in [5, 5.41) is 13.7. The Morgan fingerprint density at radius 2 is 1.49 bits per heavy atom.